The van der Waals surface area contributed by atoms with E-state index in [1.807, 2.05) is 39.0 Å². The number of ketones is 1. The highest BCUT2D eigenvalue weighted by atomic mass is 16.3. The number of carbonyl (C=O) groups is 1. The van der Waals surface area contributed by atoms with Crippen LogP contribution in [-0.2, 0) is 6.54 Å². The zero-order valence-corrected chi connectivity index (χ0v) is 17.3. The molecule has 0 saturated carbocycles. The maximum Gasteiger partial charge on any atom is 0.271 e. The van der Waals surface area contributed by atoms with Crippen LogP contribution in [-0.4, -0.2) is 15.5 Å². The summed E-state index contributed by atoms with van der Waals surface area (Å²) in [5.74, 6) is -0.845. The molecule has 0 unspecified atom stereocenters. The molecule has 0 fully saturated rings. The van der Waals surface area contributed by atoms with E-state index < -0.39 is 17.2 Å². The average Bonchev–Trinajstić information content (AvgIpc) is 2.98. The summed E-state index contributed by atoms with van der Waals surface area (Å²) in [7, 11) is 0. The molecule has 1 N–H and O–H groups in total. The van der Waals surface area contributed by atoms with E-state index in [0.717, 1.165) is 27.5 Å². The van der Waals surface area contributed by atoms with Crippen LogP contribution >= 0.6 is 0 Å². The fourth-order valence-corrected chi connectivity index (χ4v) is 3.87. The molecule has 0 amide bonds. The molecular formula is C23H24N2O4. The Kier molecular flexibility index (Phi) is 5.34. The Bertz CT molecular complexity index is 1240. The lowest BCUT2D eigenvalue weighted by molar-refractivity contribution is 0.100. The molecule has 0 aliphatic heterocycles. The van der Waals surface area contributed by atoms with Gasteiger partial charge in [-0.3, -0.25) is 14.2 Å². The molecule has 29 heavy (non-hydrogen) atoms. The SMILES string of the molecule is CCCCn1c(O)c(C(=O)c2oc3cc(C)cc(C)c3c2C)c(C)c(C#N)c1=O. The summed E-state index contributed by atoms with van der Waals surface area (Å²) < 4.78 is 6.99. The number of aryl methyl sites for hydroxylation is 3. The molecule has 2 aromatic heterocycles. The van der Waals surface area contributed by atoms with Crippen molar-refractivity contribution in [2.45, 2.75) is 54.0 Å². The summed E-state index contributed by atoms with van der Waals surface area (Å²) in [4.78, 5) is 26.0. The van der Waals surface area contributed by atoms with Gasteiger partial charge in [-0.1, -0.05) is 19.4 Å². The first-order chi connectivity index (χ1) is 13.7. The number of fused-ring (bicyclic) bond motifs is 1. The fraction of sp³-hybridized carbons (Fsp3) is 0.348. The smallest absolute Gasteiger partial charge is 0.271 e. The third-order valence-corrected chi connectivity index (χ3v) is 5.34. The molecule has 0 atom stereocenters. The topological polar surface area (TPSA) is 96.2 Å². The Morgan fingerprint density at radius 2 is 1.90 bits per heavy atom. The fourth-order valence-electron chi connectivity index (χ4n) is 3.87. The van der Waals surface area contributed by atoms with Crippen LogP contribution in [0.2, 0.25) is 0 Å². The Hall–Kier alpha value is -3.33. The highest BCUT2D eigenvalue weighted by Crippen LogP contribution is 2.33. The maximum atomic E-state index is 13.4. The van der Waals surface area contributed by atoms with E-state index in [0.29, 0.717) is 17.6 Å². The molecule has 0 bridgehead atoms. The quantitative estimate of drug-likeness (QED) is 0.648. The van der Waals surface area contributed by atoms with Gasteiger partial charge in [0.1, 0.15) is 17.2 Å². The first-order valence-electron chi connectivity index (χ1n) is 9.64. The minimum absolute atomic E-state index is 0.0613. The second kappa shape index (κ2) is 7.59. The predicted octanol–water partition coefficient (Wildman–Crippen LogP) is 4.44. The van der Waals surface area contributed by atoms with Gasteiger partial charge < -0.3 is 9.52 Å². The molecule has 3 aromatic rings. The number of furan rings is 1. The zero-order chi connectivity index (χ0) is 21.5. The number of nitrogens with zero attached hydrogens (tertiary/aromatic N) is 2. The van der Waals surface area contributed by atoms with Gasteiger partial charge in [0, 0.05) is 17.5 Å². The largest absolute Gasteiger partial charge is 0.494 e. The summed E-state index contributed by atoms with van der Waals surface area (Å²) in [6.07, 6.45) is 1.43. The number of pyridine rings is 1. The van der Waals surface area contributed by atoms with E-state index in [2.05, 4.69) is 0 Å². The van der Waals surface area contributed by atoms with E-state index in [1.165, 1.54) is 6.92 Å². The van der Waals surface area contributed by atoms with Crippen molar-refractivity contribution in [3.8, 4) is 11.9 Å². The van der Waals surface area contributed by atoms with Crippen molar-refractivity contribution in [3.05, 3.63) is 61.6 Å². The lowest BCUT2D eigenvalue weighted by Crippen LogP contribution is -2.27. The van der Waals surface area contributed by atoms with Gasteiger partial charge in [-0.05, 0) is 56.9 Å². The van der Waals surface area contributed by atoms with Gasteiger partial charge in [0.25, 0.3) is 5.56 Å². The number of nitriles is 1. The van der Waals surface area contributed by atoms with E-state index >= 15 is 0 Å². The molecule has 0 spiro atoms. The van der Waals surface area contributed by atoms with Crippen molar-refractivity contribution in [1.82, 2.24) is 4.57 Å². The first kappa shape index (κ1) is 20.4. The molecule has 1 aromatic carbocycles. The first-order valence-corrected chi connectivity index (χ1v) is 9.64. The number of unbranched alkanes of at least 4 members (excludes halogenated alkanes) is 1. The van der Waals surface area contributed by atoms with Crippen LogP contribution in [0.3, 0.4) is 0 Å². The summed E-state index contributed by atoms with van der Waals surface area (Å²) in [5.41, 5.74) is 2.66. The molecule has 0 saturated heterocycles. The molecule has 0 aliphatic carbocycles. The monoisotopic (exact) mass is 392 g/mol. The highest BCUT2D eigenvalue weighted by molar-refractivity contribution is 6.13. The Morgan fingerprint density at radius 3 is 2.52 bits per heavy atom. The Balaban J connectivity index is 2.29. The van der Waals surface area contributed by atoms with Crippen molar-refractivity contribution in [1.29, 1.82) is 5.26 Å². The predicted molar refractivity (Wildman–Crippen MR) is 111 cm³/mol. The van der Waals surface area contributed by atoms with Crippen LogP contribution in [0.4, 0.5) is 0 Å². The van der Waals surface area contributed by atoms with Gasteiger partial charge in [-0.2, -0.15) is 5.26 Å². The highest BCUT2D eigenvalue weighted by Gasteiger charge is 2.28. The van der Waals surface area contributed by atoms with Crippen LogP contribution in [0, 0.1) is 39.0 Å². The molecular weight excluding hydrogens is 368 g/mol. The Morgan fingerprint density at radius 1 is 1.21 bits per heavy atom. The van der Waals surface area contributed by atoms with Crippen molar-refractivity contribution in [2.75, 3.05) is 0 Å². The third kappa shape index (κ3) is 3.23. The zero-order valence-electron chi connectivity index (χ0n) is 17.3. The Labute approximate surface area is 169 Å². The van der Waals surface area contributed by atoms with Gasteiger partial charge in [0.15, 0.2) is 5.76 Å². The van der Waals surface area contributed by atoms with Gasteiger partial charge in [-0.15, -0.1) is 0 Å². The number of hydrogen-bond donors (Lipinski definition) is 1. The van der Waals surface area contributed by atoms with Crippen LogP contribution in [0.15, 0.2) is 21.3 Å². The number of aromatic nitrogens is 1. The van der Waals surface area contributed by atoms with Crippen LogP contribution in [0.25, 0.3) is 11.0 Å². The second-order valence-electron chi connectivity index (χ2n) is 7.46. The van der Waals surface area contributed by atoms with Crippen molar-refractivity contribution in [2.24, 2.45) is 0 Å². The maximum absolute atomic E-state index is 13.4. The van der Waals surface area contributed by atoms with Gasteiger partial charge in [0.2, 0.25) is 11.7 Å². The van der Waals surface area contributed by atoms with E-state index in [-0.39, 0.29) is 29.0 Å². The summed E-state index contributed by atoms with van der Waals surface area (Å²) >= 11 is 0. The van der Waals surface area contributed by atoms with E-state index in [1.54, 1.807) is 6.92 Å². The molecule has 2 heterocycles. The van der Waals surface area contributed by atoms with E-state index in [4.69, 9.17) is 4.42 Å². The number of benzene rings is 1. The van der Waals surface area contributed by atoms with Crippen LogP contribution in [0.1, 0.15) is 63.7 Å². The lowest BCUT2D eigenvalue weighted by Gasteiger charge is -2.14. The van der Waals surface area contributed by atoms with Crippen molar-refractivity contribution < 1.29 is 14.3 Å². The summed E-state index contributed by atoms with van der Waals surface area (Å²) in [6, 6.07) is 5.76. The van der Waals surface area contributed by atoms with Crippen molar-refractivity contribution in [3.63, 3.8) is 0 Å². The molecule has 3 rings (SSSR count). The number of hydrogen-bond acceptors (Lipinski definition) is 5. The van der Waals surface area contributed by atoms with Crippen molar-refractivity contribution >= 4 is 16.8 Å². The molecule has 6 nitrogen and oxygen atoms in total. The average molecular weight is 392 g/mol. The van der Waals surface area contributed by atoms with Crippen LogP contribution < -0.4 is 5.56 Å². The van der Waals surface area contributed by atoms with Gasteiger partial charge in [-0.25, -0.2) is 0 Å². The summed E-state index contributed by atoms with van der Waals surface area (Å²) in [5, 5.41) is 21.1. The molecule has 150 valence electrons. The molecule has 6 heteroatoms. The number of aromatic hydroxyl groups is 1. The third-order valence-electron chi connectivity index (χ3n) is 5.34. The van der Waals surface area contributed by atoms with Gasteiger partial charge >= 0.3 is 0 Å². The number of rotatable bonds is 5. The summed E-state index contributed by atoms with van der Waals surface area (Å²) in [6.45, 7) is 9.39. The molecule has 0 aliphatic rings. The van der Waals surface area contributed by atoms with Crippen LogP contribution in [0.5, 0.6) is 5.88 Å². The minimum Gasteiger partial charge on any atom is -0.494 e. The number of carbonyl (C=O) groups excluding carboxylic acids is 1. The molecule has 0 radical (unpaired) electrons. The lowest BCUT2D eigenvalue weighted by atomic mass is 9.97. The minimum atomic E-state index is -0.583. The van der Waals surface area contributed by atoms with E-state index in [9.17, 15) is 20.0 Å². The standard InChI is InChI=1S/C23H24N2O4/c1-6-7-8-25-22(27)16(11-24)14(4)19(23(25)28)20(26)21-15(5)18-13(3)9-12(2)10-17(18)29-21/h9-10,28H,6-8H2,1-5H3. The van der Waals surface area contributed by atoms with Gasteiger partial charge in [0.05, 0.1) is 5.56 Å². The second-order valence-corrected chi connectivity index (χ2v) is 7.46. The normalized spacial score (nSPS) is 11.0.